The molecular weight excluding hydrogens is 372 g/mol. The molecule has 1 saturated carbocycles. The molecule has 7 nitrogen and oxygen atoms in total. The summed E-state index contributed by atoms with van der Waals surface area (Å²) in [7, 11) is 0. The Hall–Kier alpha value is -3.22. The number of amides is 1. The van der Waals surface area contributed by atoms with Crippen molar-refractivity contribution in [2.24, 2.45) is 5.92 Å². The number of rotatable bonds is 7. The van der Waals surface area contributed by atoms with E-state index in [2.05, 4.69) is 5.32 Å². The minimum Gasteiger partial charge on any atom is -0.444 e. The smallest absolute Gasteiger partial charge is 0.411 e. The van der Waals surface area contributed by atoms with E-state index in [9.17, 15) is 19.7 Å². The van der Waals surface area contributed by atoms with Crippen LogP contribution in [0.3, 0.4) is 0 Å². The molecule has 2 atom stereocenters. The van der Waals surface area contributed by atoms with Crippen molar-refractivity contribution in [2.45, 2.75) is 38.2 Å². The highest BCUT2D eigenvalue weighted by Gasteiger charge is 2.35. The summed E-state index contributed by atoms with van der Waals surface area (Å²) in [4.78, 5) is 35.7. The number of hydrogen-bond acceptors (Lipinski definition) is 5. The van der Waals surface area contributed by atoms with Gasteiger partial charge in [0.25, 0.3) is 0 Å². The molecule has 0 aliphatic heterocycles. The van der Waals surface area contributed by atoms with E-state index in [0.717, 1.165) is 18.4 Å². The van der Waals surface area contributed by atoms with E-state index in [1.165, 1.54) is 0 Å². The molecule has 1 aliphatic carbocycles. The van der Waals surface area contributed by atoms with Crippen molar-refractivity contribution in [1.29, 1.82) is 0 Å². The lowest BCUT2D eigenvalue weighted by molar-refractivity contribution is -0.484. The predicted molar refractivity (Wildman–Crippen MR) is 108 cm³/mol. The normalized spacial score (nSPS) is 17.4. The van der Waals surface area contributed by atoms with Crippen LogP contribution in [-0.2, 0) is 16.1 Å². The summed E-state index contributed by atoms with van der Waals surface area (Å²) in [6.45, 7) is -0.234. The number of anilines is 1. The molecule has 1 amide bonds. The minimum atomic E-state index is -0.642. The van der Waals surface area contributed by atoms with Crippen molar-refractivity contribution >= 4 is 17.6 Å². The molecule has 0 unspecified atom stereocenters. The van der Waals surface area contributed by atoms with Crippen LogP contribution in [0.4, 0.5) is 10.5 Å². The van der Waals surface area contributed by atoms with Gasteiger partial charge in [0, 0.05) is 22.9 Å². The molecule has 2 aromatic carbocycles. The van der Waals surface area contributed by atoms with Gasteiger partial charge in [-0.05, 0) is 30.0 Å². The SMILES string of the molecule is O=C(Nc1ccccc1[C@H](C[N+](=O)[O-])[C@@H]1CCCCC1=O)OCc1ccccc1. The highest BCUT2D eigenvalue weighted by Crippen LogP contribution is 2.37. The number of hydrogen-bond donors (Lipinski definition) is 1. The van der Waals surface area contributed by atoms with Crippen LogP contribution in [0.5, 0.6) is 0 Å². The third-order valence-electron chi connectivity index (χ3n) is 5.24. The summed E-state index contributed by atoms with van der Waals surface area (Å²) in [6, 6.07) is 16.2. The molecule has 7 heteroatoms. The summed E-state index contributed by atoms with van der Waals surface area (Å²) in [5.41, 5.74) is 1.90. The largest absolute Gasteiger partial charge is 0.444 e. The van der Waals surface area contributed by atoms with Gasteiger partial charge in [-0.1, -0.05) is 55.0 Å². The number of para-hydroxylation sites is 1. The van der Waals surface area contributed by atoms with Crippen LogP contribution in [0.25, 0.3) is 0 Å². The molecular formula is C22H24N2O5. The molecule has 0 heterocycles. The van der Waals surface area contributed by atoms with E-state index in [1.54, 1.807) is 24.3 Å². The molecule has 1 aliphatic rings. The quantitative estimate of drug-likeness (QED) is 0.547. The lowest BCUT2D eigenvalue weighted by Crippen LogP contribution is -2.31. The number of nitrogens with one attached hydrogen (secondary N) is 1. The zero-order valence-electron chi connectivity index (χ0n) is 16.1. The summed E-state index contributed by atoms with van der Waals surface area (Å²) < 4.78 is 5.26. The molecule has 2 aromatic rings. The predicted octanol–water partition coefficient (Wildman–Crippen LogP) is 4.55. The van der Waals surface area contributed by atoms with Crippen LogP contribution in [0.15, 0.2) is 54.6 Å². The summed E-state index contributed by atoms with van der Waals surface area (Å²) in [5, 5.41) is 14.0. The Morgan fingerprint density at radius 2 is 1.86 bits per heavy atom. The lowest BCUT2D eigenvalue weighted by atomic mass is 9.75. The van der Waals surface area contributed by atoms with Crippen molar-refractivity contribution in [3.63, 3.8) is 0 Å². The standard InChI is InChI=1S/C22H24N2O5/c25-21-13-7-5-11-18(21)19(14-24(27)28)17-10-4-6-12-20(17)23-22(26)29-15-16-8-2-1-3-9-16/h1-4,6,8-10,12,18-19H,5,7,11,13-15H2,(H,23,26)/t18-,19-/m0/s1. The maximum Gasteiger partial charge on any atom is 0.411 e. The fraction of sp³-hybridized carbons (Fsp3) is 0.364. The van der Waals surface area contributed by atoms with Gasteiger partial charge in [0.2, 0.25) is 6.54 Å². The molecule has 29 heavy (non-hydrogen) atoms. The van der Waals surface area contributed by atoms with Gasteiger partial charge in [-0.25, -0.2) is 4.79 Å². The van der Waals surface area contributed by atoms with E-state index < -0.39 is 22.9 Å². The Balaban J connectivity index is 1.77. The molecule has 0 spiro atoms. The Kier molecular flexibility index (Phi) is 6.94. The second kappa shape index (κ2) is 9.82. The first-order valence-electron chi connectivity index (χ1n) is 9.75. The monoisotopic (exact) mass is 396 g/mol. The maximum atomic E-state index is 12.4. The third kappa shape index (κ3) is 5.63. The lowest BCUT2D eigenvalue weighted by Gasteiger charge is -2.28. The summed E-state index contributed by atoms with van der Waals surface area (Å²) in [6.07, 6.45) is 2.14. The number of nitro groups is 1. The number of nitrogens with zero attached hydrogens (tertiary/aromatic N) is 1. The third-order valence-corrected chi connectivity index (χ3v) is 5.24. The van der Waals surface area contributed by atoms with Gasteiger partial charge in [-0.2, -0.15) is 0 Å². The van der Waals surface area contributed by atoms with Crippen LogP contribution >= 0.6 is 0 Å². The maximum absolute atomic E-state index is 12.4. The number of carbonyl (C=O) groups is 2. The summed E-state index contributed by atoms with van der Waals surface area (Å²) >= 11 is 0. The first-order valence-corrected chi connectivity index (χ1v) is 9.75. The molecule has 1 N–H and O–H groups in total. The topological polar surface area (TPSA) is 98.5 Å². The number of benzene rings is 2. The molecule has 152 valence electrons. The number of carbonyl (C=O) groups excluding carboxylic acids is 2. The van der Waals surface area contributed by atoms with Crippen LogP contribution in [0.2, 0.25) is 0 Å². The zero-order chi connectivity index (χ0) is 20.6. The Morgan fingerprint density at radius 1 is 1.14 bits per heavy atom. The van der Waals surface area contributed by atoms with Crippen molar-refractivity contribution in [3.05, 3.63) is 75.8 Å². The van der Waals surface area contributed by atoms with Crippen LogP contribution in [0.1, 0.15) is 42.7 Å². The average molecular weight is 396 g/mol. The van der Waals surface area contributed by atoms with Crippen molar-refractivity contribution in [1.82, 2.24) is 0 Å². The van der Waals surface area contributed by atoms with Crippen LogP contribution in [0, 0.1) is 16.0 Å². The Morgan fingerprint density at radius 3 is 2.59 bits per heavy atom. The highest BCUT2D eigenvalue weighted by atomic mass is 16.6. The summed E-state index contributed by atoms with van der Waals surface area (Å²) in [5.74, 6) is -0.926. The second-order valence-corrected chi connectivity index (χ2v) is 7.21. The fourth-order valence-corrected chi connectivity index (χ4v) is 3.84. The molecule has 0 radical (unpaired) electrons. The van der Waals surface area contributed by atoms with E-state index >= 15 is 0 Å². The second-order valence-electron chi connectivity index (χ2n) is 7.21. The van der Waals surface area contributed by atoms with Gasteiger partial charge in [-0.3, -0.25) is 20.2 Å². The number of Topliss-reactive ketones (excluding diaryl/α,β-unsaturated/α-hetero) is 1. The van der Waals surface area contributed by atoms with Gasteiger partial charge in [0.05, 0.1) is 5.92 Å². The van der Waals surface area contributed by atoms with Crippen molar-refractivity contribution < 1.29 is 19.2 Å². The van der Waals surface area contributed by atoms with E-state index in [0.29, 0.717) is 24.1 Å². The first kappa shape index (κ1) is 20.5. The van der Waals surface area contributed by atoms with Crippen LogP contribution < -0.4 is 5.32 Å². The van der Waals surface area contributed by atoms with Crippen LogP contribution in [-0.4, -0.2) is 23.3 Å². The van der Waals surface area contributed by atoms with Crippen molar-refractivity contribution in [3.8, 4) is 0 Å². The number of ketones is 1. The first-order chi connectivity index (χ1) is 14.0. The van der Waals surface area contributed by atoms with Gasteiger partial charge in [0.15, 0.2) is 0 Å². The molecule has 0 saturated heterocycles. The molecule has 0 aromatic heterocycles. The van der Waals surface area contributed by atoms with Gasteiger partial charge >= 0.3 is 6.09 Å². The minimum absolute atomic E-state index is 0.0598. The number of ether oxygens (including phenoxy) is 1. The van der Waals surface area contributed by atoms with E-state index in [4.69, 9.17) is 4.74 Å². The van der Waals surface area contributed by atoms with Crippen molar-refractivity contribution in [2.75, 3.05) is 11.9 Å². The Labute approximate surface area is 169 Å². The average Bonchev–Trinajstić information content (AvgIpc) is 2.72. The highest BCUT2D eigenvalue weighted by molar-refractivity contribution is 5.87. The Bertz CT molecular complexity index is 869. The molecule has 3 rings (SSSR count). The zero-order valence-corrected chi connectivity index (χ0v) is 16.1. The van der Waals surface area contributed by atoms with Gasteiger partial charge in [-0.15, -0.1) is 0 Å². The van der Waals surface area contributed by atoms with E-state index in [-0.39, 0.29) is 18.9 Å². The van der Waals surface area contributed by atoms with Gasteiger partial charge < -0.3 is 4.74 Å². The van der Waals surface area contributed by atoms with E-state index in [1.807, 2.05) is 30.3 Å². The van der Waals surface area contributed by atoms with Gasteiger partial charge in [0.1, 0.15) is 12.4 Å². The molecule has 0 bridgehead atoms. The fourth-order valence-electron chi connectivity index (χ4n) is 3.84. The molecule has 1 fully saturated rings.